The standard InChI is InChI=1S/C33H22ClN3.C30H27BO3.C27H18ClN3.C6H6BClO2/c34-30-13-7-12-29(22-30)33-36-31(27-18-14-25(15-19-27)23-8-3-1-4-9-23)35-32(37-33)28-20-16-26(17-21-28)24-10-5-2-6-11-24;1-29(2)30(3,4)34-31(33-29)26-17-11-16-23-25-19-22(20-12-7-5-8-13-20)18-24(27(25)32-28(23)26)21-14-9-6-10-15-21;28-27-30-25(23-15-11-21(12-16-23)19-7-3-1-4-8-19)29-26(31-27)24-17-13-22(14-18-24)20-9-5-2-6-10-20;8-6-3-1-2-5(4-6)7(9)10/h1-22H;5-19H,1-4H3;1-18H;1-4,9-10H. The normalized spacial score (nSPS) is 12.6. The third-order valence-corrected chi connectivity index (χ3v) is 20.4. The fraction of sp³-hybridized carbons (Fsp3) is 0.0625. The van der Waals surface area contributed by atoms with E-state index in [0.717, 1.165) is 94.2 Å². The molecule has 1 fully saturated rings. The third-order valence-electron chi connectivity index (χ3n) is 19.8. The van der Waals surface area contributed by atoms with Crippen molar-refractivity contribution in [3.8, 4) is 124 Å². The Hall–Kier alpha value is -12.3. The number of aromatic nitrogens is 6. The lowest BCUT2D eigenvalue weighted by Gasteiger charge is -2.32. The second kappa shape index (κ2) is 33.9. The first-order valence-corrected chi connectivity index (χ1v) is 37.8. The summed E-state index contributed by atoms with van der Waals surface area (Å²) in [6.45, 7) is 8.30. The minimum Gasteiger partial charge on any atom is -0.456 e. The molecule has 0 atom stereocenters. The molecule has 11 nitrogen and oxygen atoms in total. The Bertz CT molecular complexity index is 5840. The number of hydrogen-bond acceptors (Lipinski definition) is 11. The predicted molar refractivity (Wildman–Crippen MR) is 460 cm³/mol. The zero-order valence-corrected chi connectivity index (χ0v) is 63.9. The Morgan fingerprint density at radius 2 is 0.589 bits per heavy atom. The molecular weight excluding hydrogens is 1450 g/mol. The van der Waals surface area contributed by atoms with Gasteiger partial charge in [-0.25, -0.2) is 19.9 Å². The van der Waals surface area contributed by atoms with E-state index >= 15 is 0 Å². The molecule has 0 amide bonds. The largest absolute Gasteiger partial charge is 0.498 e. The monoisotopic (exact) mass is 1520 g/mol. The van der Waals surface area contributed by atoms with Crippen molar-refractivity contribution >= 4 is 81.9 Å². The fourth-order valence-electron chi connectivity index (χ4n) is 13.1. The predicted octanol–water partition coefficient (Wildman–Crippen LogP) is 23.3. The molecule has 0 spiro atoms. The number of rotatable bonds is 13. The first-order valence-electron chi connectivity index (χ1n) is 36.7. The molecule has 544 valence electrons. The quantitative estimate of drug-likeness (QED) is 0.106. The first-order chi connectivity index (χ1) is 54.5. The van der Waals surface area contributed by atoms with Crippen LogP contribution in [0.1, 0.15) is 27.7 Å². The van der Waals surface area contributed by atoms with Gasteiger partial charge in [-0.2, -0.15) is 9.97 Å². The molecule has 3 aromatic heterocycles. The number of para-hydroxylation sites is 1. The lowest BCUT2D eigenvalue weighted by molar-refractivity contribution is 0.00578. The zero-order chi connectivity index (χ0) is 77.1. The van der Waals surface area contributed by atoms with E-state index < -0.39 is 25.4 Å². The van der Waals surface area contributed by atoms with E-state index in [4.69, 9.17) is 73.5 Å². The van der Waals surface area contributed by atoms with Crippen LogP contribution in [-0.2, 0) is 9.31 Å². The summed E-state index contributed by atoms with van der Waals surface area (Å²) in [6, 6.07) is 120. The van der Waals surface area contributed by atoms with Gasteiger partial charge < -0.3 is 23.8 Å². The van der Waals surface area contributed by atoms with Crippen molar-refractivity contribution in [1.82, 2.24) is 29.9 Å². The Kier molecular flexibility index (Phi) is 22.8. The second-order valence-electron chi connectivity index (χ2n) is 27.8. The smallest absolute Gasteiger partial charge is 0.456 e. The molecule has 0 unspecified atom stereocenters. The number of hydrogen-bond donors (Lipinski definition) is 2. The average molecular weight is 1520 g/mol. The molecule has 16 heteroatoms. The highest BCUT2D eigenvalue weighted by Gasteiger charge is 2.52. The maximum absolute atomic E-state index is 8.65. The van der Waals surface area contributed by atoms with Gasteiger partial charge in [-0.3, -0.25) is 0 Å². The van der Waals surface area contributed by atoms with Crippen molar-refractivity contribution in [2.45, 2.75) is 38.9 Å². The number of halogens is 3. The van der Waals surface area contributed by atoms with Crippen molar-refractivity contribution < 1.29 is 23.8 Å². The molecule has 1 aliphatic rings. The van der Waals surface area contributed by atoms with Crippen LogP contribution in [0.2, 0.25) is 15.3 Å². The Morgan fingerprint density at radius 3 is 0.955 bits per heavy atom. The van der Waals surface area contributed by atoms with Crippen LogP contribution in [0.15, 0.2) is 362 Å². The van der Waals surface area contributed by atoms with Gasteiger partial charge in [0.15, 0.2) is 29.1 Å². The van der Waals surface area contributed by atoms with Gasteiger partial charge in [0.2, 0.25) is 5.28 Å². The second-order valence-corrected chi connectivity index (χ2v) is 29.0. The molecule has 1 saturated heterocycles. The van der Waals surface area contributed by atoms with Crippen LogP contribution in [0.25, 0.3) is 146 Å². The van der Waals surface area contributed by atoms with E-state index in [2.05, 4.69) is 237 Å². The summed E-state index contributed by atoms with van der Waals surface area (Å²) in [5, 5.41) is 20.8. The molecule has 18 rings (SSSR count). The van der Waals surface area contributed by atoms with Gasteiger partial charge in [0.25, 0.3) is 0 Å². The molecule has 1 aliphatic heterocycles. The topological polar surface area (TPSA) is 149 Å². The first kappa shape index (κ1) is 75.2. The summed E-state index contributed by atoms with van der Waals surface area (Å²) in [5.74, 6) is 2.93. The maximum Gasteiger partial charge on any atom is 0.498 e. The van der Waals surface area contributed by atoms with E-state index in [-0.39, 0.29) is 5.28 Å². The Morgan fingerprint density at radius 1 is 0.277 bits per heavy atom. The van der Waals surface area contributed by atoms with Crippen LogP contribution in [0.3, 0.4) is 0 Å². The summed E-state index contributed by atoms with van der Waals surface area (Å²) in [4.78, 5) is 27.9. The summed E-state index contributed by atoms with van der Waals surface area (Å²) in [5.41, 5.74) is 20.5. The van der Waals surface area contributed by atoms with Gasteiger partial charge in [0.1, 0.15) is 11.2 Å². The average Bonchev–Trinajstić information content (AvgIpc) is 1.59. The van der Waals surface area contributed by atoms with Crippen molar-refractivity contribution in [2.75, 3.05) is 0 Å². The molecule has 112 heavy (non-hydrogen) atoms. The van der Waals surface area contributed by atoms with E-state index in [1.54, 1.807) is 18.2 Å². The van der Waals surface area contributed by atoms with Crippen LogP contribution in [0.5, 0.6) is 0 Å². The van der Waals surface area contributed by atoms with Crippen LogP contribution in [0, 0.1) is 0 Å². The van der Waals surface area contributed by atoms with Crippen molar-refractivity contribution in [3.05, 3.63) is 373 Å². The van der Waals surface area contributed by atoms with Gasteiger partial charge in [-0.15, -0.1) is 0 Å². The minimum atomic E-state index is -1.43. The summed E-state index contributed by atoms with van der Waals surface area (Å²) < 4.78 is 19.4. The molecule has 0 radical (unpaired) electrons. The third kappa shape index (κ3) is 17.5. The van der Waals surface area contributed by atoms with Gasteiger partial charge >= 0.3 is 14.2 Å². The van der Waals surface area contributed by atoms with Crippen LogP contribution in [-0.4, -0.2) is 65.4 Å². The summed E-state index contributed by atoms with van der Waals surface area (Å²) in [6.07, 6.45) is 0. The fourth-order valence-corrected chi connectivity index (χ4v) is 13.7. The molecule has 17 aromatic rings. The zero-order valence-electron chi connectivity index (χ0n) is 61.7. The summed E-state index contributed by atoms with van der Waals surface area (Å²) >= 11 is 18.1. The lowest BCUT2D eigenvalue weighted by atomic mass is 9.78. The van der Waals surface area contributed by atoms with Gasteiger partial charge in [-0.1, -0.05) is 345 Å². The molecule has 4 heterocycles. The van der Waals surface area contributed by atoms with Crippen molar-refractivity contribution in [2.24, 2.45) is 0 Å². The highest BCUT2D eigenvalue weighted by atomic mass is 35.5. The Balaban J connectivity index is 0.000000125. The van der Waals surface area contributed by atoms with Crippen LogP contribution >= 0.6 is 34.8 Å². The van der Waals surface area contributed by atoms with E-state index in [1.165, 1.54) is 33.9 Å². The van der Waals surface area contributed by atoms with Crippen LogP contribution < -0.4 is 10.9 Å². The Labute approximate surface area is 666 Å². The highest BCUT2D eigenvalue weighted by Crippen LogP contribution is 2.42. The van der Waals surface area contributed by atoms with Crippen molar-refractivity contribution in [1.29, 1.82) is 0 Å². The van der Waals surface area contributed by atoms with Gasteiger partial charge in [-0.05, 0) is 142 Å². The molecule has 0 saturated carbocycles. The van der Waals surface area contributed by atoms with Crippen molar-refractivity contribution in [3.63, 3.8) is 0 Å². The maximum atomic E-state index is 8.65. The SMILES string of the molecule is CC1(C)OB(c2cccc3c2oc2c(-c4ccccc4)cc(-c4ccccc4)cc23)OC1(C)C.Clc1cccc(-c2nc(-c3ccc(-c4ccccc4)cc3)nc(-c3ccc(-c4ccccc4)cc3)n2)c1.Clc1nc(-c2ccc(-c3ccccc3)cc2)nc(-c2ccc(-c3ccccc3)cc2)n1.OB(O)c1cccc(Cl)c1. The van der Waals surface area contributed by atoms with E-state index in [0.29, 0.717) is 44.6 Å². The number of benzene rings is 14. The van der Waals surface area contributed by atoms with Crippen LogP contribution in [0.4, 0.5) is 0 Å². The van der Waals surface area contributed by atoms with Gasteiger partial charge in [0, 0.05) is 59.7 Å². The molecule has 0 aliphatic carbocycles. The lowest BCUT2D eigenvalue weighted by Crippen LogP contribution is -2.41. The molecular formula is C96H73B2Cl3N6O5. The molecule has 2 N–H and O–H groups in total. The minimum absolute atomic E-state index is 0.180. The number of fused-ring (bicyclic) bond motifs is 3. The molecule has 0 bridgehead atoms. The molecule has 14 aromatic carbocycles. The number of nitrogens with zero attached hydrogens (tertiary/aromatic N) is 6. The number of furan rings is 1. The van der Waals surface area contributed by atoms with E-state index in [9.17, 15) is 0 Å². The highest BCUT2D eigenvalue weighted by molar-refractivity contribution is 6.65. The summed E-state index contributed by atoms with van der Waals surface area (Å²) in [7, 11) is -1.92. The van der Waals surface area contributed by atoms with E-state index in [1.807, 2.05) is 140 Å². The van der Waals surface area contributed by atoms with Gasteiger partial charge in [0.05, 0.1) is 11.2 Å².